The number of amides is 1. The lowest BCUT2D eigenvalue weighted by atomic mass is 9.69. The van der Waals surface area contributed by atoms with Crippen LogP contribution in [0.5, 0.6) is 0 Å². The van der Waals surface area contributed by atoms with Gasteiger partial charge in [-0.3, -0.25) is 4.79 Å². The van der Waals surface area contributed by atoms with Crippen LogP contribution in [-0.4, -0.2) is 25.0 Å². The highest BCUT2D eigenvalue weighted by atomic mass is 16.2. The lowest BCUT2D eigenvalue weighted by Gasteiger charge is -2.39. The Labute approximate surface area is 124 Å². The van der Waals surface area contributed by atoms with Crippen molar-refractivity contribution in [3.63, 3.8) is 0 Å². The normalized spacial score (nSPS) is 31.9. The molecule has 2 fully saturated rings. The minimum atomic E-state index is 0.202. The Morgan fingerprint density at radius 1 is 1.20 bits per heavy atom. The molecule has 1 saturated carbocycles. The van der Waals surface area contributed by atoms with Crippen molar-refractivity contribution in [2.75, 3.05) is 13.1 Å². The van der Waals surface area contributed by atoms with Gasteiger partial charge < -0.3 is 10.6 Å². The molecule has 0 bridgehead atoms. The molecule has 0 unspecified atom stereocenters. The molecular formula is C17H32N2O. The van der Waals surface area contributed by atoms with Gasteiger partial charge in [-0.25, -0.2) is 0 Å². The van der Waals surface area contributed by atoms with E-state index in [1.54, 1.807) is 0 Å². The molecule has 2 rings (SSSR count). The van der Waals surface area contributed by atoms with Crippen molar-refractivity contribution in [3.05, 3.63) is 0 Å². The minimum Gasteiger partial charge on any atom is -0.353 e. The number of piperidine rings is 1. The molecule has 1 saturated heterocycles. The molecule has 20 heavy (non-hydrogen) atoms. The molecular weight excluding hydrogens is 248 g/mol. The summed E-state index contributed by atoms with van der Waals surface area (Å²) in [5, 5.41) is 6.63. The number of carbonyl (C=O) groups excluding carboxylic acids is 1. The summed E-state index contributed by atoms with van der Waals surface area (Å²) in [4.78, 5) is 12.2. The molecule has 2 N–H and O–H groups in total. The van der Waals surface area contributed by atoms with Crippen molar-refractivity contribution in [2.24, 2.45) is 17.3 Å². The van der Waals surface area contributed by atoms with E-state index in [0.29, 0.717) is 11.5 Å². The Bertz CT molecular complexity index is 313. The summed E-state index contributed by atoms with van der Waals surface area (Å²) in [7, 11) is 0. The molecule has 0 aromatic rings. The van der Waals surface area contributed by atoms with Gasteiger partial charge in [-0.2, -0.15) is 0 Å². The summed E-state index contributed by atoms with van der Waals surface area (Å²) >= 11 is 0. The second kappa shape index (κ2) is 6.93. The van der Waals surface area contributed by atoms with Crippen LogP contribution in [0.2, 0.25) is 0 Å². The van der Waals surface area contributed by atoms with Gasteiger partial charge in [-0.15, -0.1) is 0 Å². The van der Waals surface area contributed by atoms with Crippen LogP contribution in [0.25, 0.3) is 0 Å². The van der Waals surface area contributed by atoms with Gasteiger partial charge in [0, 0.05) is 12.6 Å². The maximum absolute atomic E-state index is 12.2. The van der Waals surface area contributed by atoms with Gasteiger partial charge in [-0.05, 0) is 56.4 Å². The van der Waals surface area contributed by atoms with Gasteiger partial charge in [0.15, 0.2) is 0 Å². The third-order valence-electron chi connectivity index (χ3n) is 5.76. The average molecular weight is 280 g/mol. The molecule has 0 spiro atoms. The van der Waals surface area contributed by atoms with Gasteiger partial charge >= 0.3 is 0 Å². The smallest absolute Gasteiger partial charge is 0.224 e. The quantitative estimate of drug-likeness (QED) is 0.831. The predicted molar refractivity (Wildman–Crippen MR) is 83.6 cm³/mol. The first kappa shape index (κ1) is 15.8. The molecule has 3 heteroatoms. The topological polar surface area (TPSA) is 41.1 Å². The zero-order valence-electron chi connectivity index (χ0n) is 13.5. The number of rotatable bonds is 4. The summed E-state index contributed by atoms with van der Waals surface area (Å²) in [6.07, 6.45) is 8.32. The van der Waals surface area contributed by atoms with Gasteiger partial charge in [0.25, 0.3) is 0 Å². The highest BCUT2D eigenvalue weighted by Gasteiger charge is 2.33. The number of hydrogen-bond acceptors (Lipinski definition) is 2. The van der Waals surface area contributed by atoms with Crippen LogP contribution in [0.4, 0.5) is 0 Å². The fourth-order valence-corrected chi connectivity index (χ4v) is 3.70. The van der Waals surface area contributed by atoms with E-state index >= 15 is 0 Å². The van der Waals surface area contributed by atoms with Crippen LogP contribution < -0.4 is 10.6 Å². The fourth-order valence-electron chi connectivity index (χ4n) is 3.70. The first-order valence-corrected chi connectivity index (χ1v) is 8.54. The molecule has 3 nitrogen and oxygen atoms in total. The van der Waals surface area contributed by atoms with Crippen molar-refractivity contribution in [3.8, 4) is 0 Å². The van der Waals surface area contributed by atoms with E-state index in [-0.39, 0.29) is 11.8 Å². The molecule has 1 heterocycles. The SMILES string of the molecule is CCC(C)(C)C1CCC(NC(=O)[C@@H]2CCCNC2)CC1. The van der Waals surface area contributed by atoms with Crippen LogP contribution in [0.3, 0.4) is 0 Å². The number of carbonyl (C=O) groups is 1. The molecule has 0 aromatic heterocycles. The van der Waals surface area contributed by atoms with Gasteiger partial charge in [0.05, 0.1) is 5.92 Å². The van der Waals surface area contributed by atoms with E-state index in [4.69, 9.17) is 0 Å². The highest BCUT2D eigenvalue weighted by Crippen LogP contribution is 2.40. The van der Waals surface area contributed by atoms with Crippen LogP contribution in [-0.2, 0) is 4.79 Å². The Kier molecular flexibility index (Phi) is 5.48. The Hall–Kier alpha value is -0.570. The number of nitrogens with one attached hydrogen (secondary N) is 2. The zero-order chi connectivity index (χ0) is 14.6. The van der Waals surface area contributed by atoms with Crippen molar-refractivity contribution in [1.29, 1.82) is 0 Å². The summed E-state index contributed by atoms with van der Waals surface area (Å²) in [5.74, 6) is 1.32. The van der Waals surface area contributed by atoms with E-state index in [1.165, 1.54) is 32.1 Å². The highest BCUT2D eigenvalue weighted by molar-refractivity contribution is 5.79. The van der Waals surface area contributed by atoms with Crippen LogP contribution in [0, 0.1) is 17.3 Å². The standard InChI is InChI=1S/C17H32N2O/c1-4-17(2,3)14-7-9-15(10-8-14)19-16(20)13-6-5-11-18-12-13/h13-15,18H,4-12H2,1-3H3,(H,19,20)/t13-,14?,15?/m1/s1. The lowest BCUT2D eigenvalue weighted by molar-refractivity contribution is -0.126. The molecule has 116 valence electrons. The maximum Gasteiger partial charge on any atom is 0.224 e. The zero-order valence-corrected chi connectivity index (χ0v) is 13.5. The monoisotopic (exact) mass is 280 g/mol. The molecule has 1 atom stereocenters. The van der Waals surface area contributed by atoms with Crippen LogP contribution >= 0.6 is 0 Å². The summed E-state index contributed by atoms with van der Waals surface area (Å²) in [6.45, 7) is 9.02. The van der Waals surface area contributed by atoms with Crippen molar-refractivity contribution < 1.29 is 4.79 Å². The first-order valence-electron chi connectivity index (χ1n) is 8.54. The third kappa shape index (κ3) is 3.97. The molecule has 1 amide bonds. The Balaban J connectivity index is 1.75. The summed E-state index contributed by atoms with van der Waals surface area (Å²) < 4.78 is 0. The molecule has 0 aromatic carbocycles. The number of hydrogen-bond donors (Lipinski definition) is 2. The third-order valence-corrected chi connectivity index (χ3v) is 5.76. The van der Waals surface area contributed by atoms with Gasteiger partial charge in [0.1, 0.15) is 0 Å². The van der Waals surface area contributed by atoms with E-state index in [1.807, 2.05) is 0 Å². The summed E-state index contributed by atoms with van der Waals surface area (Å²) in [6, 6.07) is 0.424. The fraction of sp³-hybridized carbons (Fsp3) is 0.941. The maximum atomic E-state index is 12.2. The van der Waals surface area contributed by atoms with Crippen molar-refractivity contribution in [2.45, 2.75) is 71.8 Å². The lowest BCUT2D eigenvalue weighted by Crippen LogP contribution is -2.46. The van der Waals surface area contributed by atoms with Crippen molar-refractivity contribution in [1.82, 2.24) is 10.6 Å². The van der Waals surface area contributed by atoms with Crippen molar-refractivity contribution >= 4 is 5.91 Å². The first-order chi connectivity index (χ1) is 9.53. The molecule has 1 aliphatic heterocycles. The second-order valence-corrected chi connectivity index (χ2v) is 7.44. The predicted octanol–water partition coefficient (Wildman–Crippen LogP) is 3.10. The molecule has 2 aliphatic rings. The minimum absolute atomic E-state index is 0.202. The Morgan fingerprint density at radius 3 is 2.45 bits per heavy atom. The van der Waals surface area contributed by atoms with Crippen LogP contribution in [0.1, 0.15) is 65.7 Å². The average Bonchev–Trinajstić information content (AvgIpc) is 2.48. The second-order valence-electron chi connectivity index (χ2n) is 7.44. The van der Waals surface area contributed by atoms with E-state index in [9.17, 15) is 4.79 Å². The largest absolute Gasteiger partial charge is 0.353 e. The van der Waals surface area contributed by atoms with E-state index in [2.05, 4.69) is 31.4 Å². The Morgan fingerprint density at radius 2 is 1.90 bits per heavy atom. The van der Waals surface area contributed by atoms with Gasteiger partial charge in [0.2, 0.25) is 5.91 Å². The van der Waals surface area contributed by atoms with Gasteiger partial charge in [-0.1, -0.05) is 27.2 Å². The molecule has 0 radical (unpaired) electrons. The molecule has 1 aliphatic carbocycles. The van der Waals surface area contributed by atoms with E-state index in [0.717, 1.165) is 31.8 Å². The van der Waals surface area contributed by atoms with E-state index < -0.39 is 0 Å². The summed E-state index contributed by atoms with van der Waals surface area (Å²) in [5.41, 5.74) is 0.461. The van der Waals surface area contributed by atoms with Crippen LogP contribution in [0.15, 0.2) is 0 Å².